The van der Waals surface area contributed by atoms with E-state index in [0.717, 1.165) is 0 Å². The van der Waals surface area contributed by atoms with E-state index in [1.807, 2.05) is 0 Å². The Morgan fingerprint density at radius 3 is 0.750 bits per heavy atom. The zero-order valence-electron chi connectivity index (χ0n) is 9.75. The van der Waals surface area contributed by atoms with Crippen molar-refractivity contribution >= 4 is 17.9 Å². The molecule has 0 aromatic rings. The number of rotatable bonds is 3. The third kappa shape index (κ3) is 74.9. The Labute approximate surface area is 107 Å². The Morgan fingerprint density at radius 2 is 0.750 bits per heavy atom. The van der Waals surface area contributed by atoms with Gasteiger partial charge in [0, 0.05) is 18.6 Å². The molecule has 0 saturated carbocycles. The fourth-order valence-electron chi connectivity index (χ4n) is 0. The largest absolute Gasteiger partial charge is 0.480 e. The van der Waals surface area contributed by atoms with Crippen LogP contribution in [0.25, 0.3) is 0 Å². The summed E-state index contributed by atoms with van der Waals surface area (Å²) in [4.78, 5) is 23.5. The molecule has 7 heteroatoms. The van der Waals surface area contributed by atoms with Gasteiger partial charge >= 0.3 is 17.9 Å². The van der Waals surface area contributed by atoms with Crippen molar-refractivity contribution in [3.05, 3.63) is 0 Å². The number of aliphatic carboxylic acids is 3. The van der Waals surface area contributed by atoms with E-state index in [4.69, 9.17) is 29.7 Å². The molecule has 0 aliphatic rings. The summed E-state index contributed by atoms with van der Waals surface area (Å²) in [7, 11) is 0. The quantitative estimate of drug-likeness (QED) is 0.674. The average molecular weight is 276 g/mol. The number of hydrogen-bond donors (Lipinski definition) is 3. The minimum atomic E-state index is -0.495. The molecule has 0 saturated heterocycles. The van der Waals surface area contributed by atoms with Crippen LogP contribution in [0.4, 0.5) is 0 Å². The van der Waals surface area contributed by atoms with Gasteiger partial charge in [0.15, 0.2) is 0 Å². The Morgan fingerprint density at radius 1 is 0.688 bits per heavy atom. The summed E-state index contributed by atoms with van der Waals surface area (Å²) in [5.74, 6) is -1.49. The Hall–Kier alpha value is -1.01. The van der Waals surface area contributed by atoms with Crippen LogP contribution in [0.5, 0.6) is 0 Å². The first-order chi connectivity index (χ1) is 6.81. The Bertz CT molecular complexity index is 159. The molecule has 0 bridgehead atoms. The first-order valence-electron chi connectivity index (χ1n) is 4.52. The fraction of sp³-hybridized carbons (Fsp3) is 0.667. The standard InChI is InChI=1S/3C3H6O2.V/c3*1-2-3(4)5;/h3*2H2,1H3,(H,4,5);/p+3. The Balaban J connectivity index is -0.0000000655. The van der Waals surface area contributed by atoms with Crippen LogP contribution in [0.2, 0.25) is 0 Å². The van der Waals surface area contributed by atoms with Crippen molar-refractivity contribution in [2.75, 3.05) is 0 Å². The maximum atomic E-state index is 7.83. The number of hydrogen-bond acceptors (Lipinski definition) is 0. The molecule has 0 heterocycles. The van der Waals surface area contributed by atoms with Crippen molar-refractivity contribution in [1.29, 1.82) is 0 Å². The molecule has 0 aromatic carbocycles. The van der Waals surface area contributed by atoms with E-state index in [1.54, 1.807) is 20.8 Å². The van der Waals surface area contributed by atoms with Gasteiger partial charge in [-0.2, -0.15) is 0 Å². The first kappa shape index (κ1) is 24.3. The van der Waals surface area contributed by atoms with Crippen molar-refractivity contribution in [2.24, 2.45) is 0 Å². The molecular weight excluding hydrogens is 255 g/mol. The molecule has 0 rings (SSSR count). The summed E-state index contributed by atoms with van der Waals surface area (Å²) in [6.07, 6.45) is 1.000. The van der Waals surface area contributed by atoms with Crippen molar-refractivity contribution < 1.29 is 48.3 Å². The van der Waals surface area contributed by atoms with E-state index in [1.165, 1.54) is 0 Å². The second-order valence-electron chi connectivity index (χ2n) is 2.31. The number of carboxylic acid groups (broad SMARTS) is 3. The molecule has 0 atom stereocenters. The molecule has 1 radical (unpaired) electrons. The zero-order valence-corrected chi connectivity index (χ0v) is 11.1. The molecule has 0 aromatic heterocycles. The van der Waals surface area contributed by atoms with Gasteiger partial charge in [-0.25, -0.2) is 0 Å². The van der Waals surface area contributed by atoms with E-state index in [2.05, 4.69) is 0 Å². The first-order valence-corrected chi connectivity index (χ1v) is 4.52. The van der Waals surface area contributed by atoms with Crippen LogP contribution in [0, 0.1) is 0 Å². The van der Waals surface area contributed by atoms with Crippen molar-refractivity contribution in [2.45, 2.75) is 40.0 Å². The number of carboxylic acids is 3. The van der Waals surface area contributed by atoms with Gasteiger partial charge in [0.1, 0.15) is 0 Å². The summed E-state index contributed by atoms with van der Waals surface area (Å²) in [6, 6.07) is 0. The molecule has 0 aliphatic carbocycles. The van der Waals surface area contributed by atoms with E-state index in [-0.39, 0.29) is 18.6 Å². The second kappa shape index (κ2) is 19.5. The summed E-state index contributed by atoms with van der Waals surface area (Å²) in [5, 5.41) is 23.5. The molecule has 0 unspecified atom stereocenters. The SMILES string of the molecule is CCC(O)=[OH+].CCC(O)=[OH+].CCC(O)=[OH+].[V]. The third-order valence-corrected chi connectivity index (χ3v) is 0.949. The third-order valence-electron chi connectivity index (χ3n) is 0.949. The van der Waals surface area contributed by atoms with Gasteiger partial charge in [-0.3, -0.25) is 0 Å². The van der Waals surface area contributed by atoms with Crippen LogP contribution in [0.3, 0.4) is 0 Å². The van der Waals surface area contributed by atoms with Crippen molar-refractivity contribution in [1.82, 2.24) is 0 Å². The van der Waals surface area contributed by atoms with Crippen LogP contribution in [-0.4, -0.2) is 47.6 Å². The van der Waals surface area contributed by atoms with Gasteiger partial charge in [-0.15, -0.1) is 0 Å². The molecule has 0 fully saturated rings. The Kier molecular flexibility index (Phi) is 29.7. The van der Waals surface area contributed by atoms with Gasteiger partial charge in [0.25, 0.3) is 0 Å². The summed E-state index contributed by atoms with van der Waals surface area (Å²) in [5.41, 5.74) is 0. The van der Waals surface area contributed by atoms with Gasteiger partial charge in [0.2, 0.25) is 0 Å². The van der Waals surface area contributed by atoms with Gasteiger partial charge < -0.3 is 29.7 Å². The smallest absolute Gasteiger partial charge is 0.339 e. The molecule has 95 valence electrons. The zero-order chi connectivity index (χ0) is 12.9. The second-order valence-corrected chi connectivity index (χ2v) is 2.31. The van der Waals surface area contributed by atoms with Crippen LogP contribution in [0.15, 0.2) is 0 Å². The van der Waals surface area contributed by atoms with Crippen LogP contribution in [0.1, 0.15) is 40.0 Å². The van der Waals surface area contributed by atoms with Crippen LogP contribution < -0.4 is 0 Å². The minimum absolute atomic E-state index is 0. The predicted octanol–water partition coefficient (Wildman–Crippen LogP) is 1.37. The predicted molar refractivity (Wildman–Crippen MR) is 59.6 cm³/mol. The van der Waals surface area contributed by atoms with E-state index in [9.17, 15) is 0 Å². The topological polar surface area (TPSA) is 125 Å². The van der Waals surface area contributed by atoms with Gasteiger partial charge in [0.05, 0.1) is 19.3 Å². The van der Waals surface area contributed by atoms with Crippen molar-refractivity contribution in [3.63, 3.8) is 0 Å². The molecule has 0 amide bonds. The summed E-state index contributed by atoms with van der Waals surface area (Å²) >= 11 is 0. The van der Waals surface area contributed by atoms with Crippen LogP contribution in [-0.2, 0) is 18.6 Å². The summed E-state index contributed by atoms with van der Waals surface area (Å²) < 4.78 is 0. The van der Waals surface area contributed by atoms with E-state index in [0.29, 0.717) is 19.3 Å². The molecule has 16 heavy (non-hydrogen) atoms. The van der Waals surface area contributed by atoms with Gasteiger partial charge in [-0.1, -0.05) is 0 Å². The van der Waals surface area contributed by atoms with Crippen molar-refractivity contribution in [3.8, 4) is 0 Å². The van der Waals surface area contributed by atoms with E-state index >= 15 is 0 Å². The molecule has 0 aliphatic heterocycles. The summed E-state index contributed by atoms with van der Waals surface area (Å²) in [6.45, 7) is 4.99. The fourth-order valence-corrected chi connectivity index (χ4v) is 0. The normalized spacial score (nSPS) is 6.94. The maximum absolute atomic E-state index is 7.83. The monoisotopic (exact) mass is 276 g/mol. The molecule has 6 nitrogen and oxygen atoms in total. The van der Waals surface area contributed by atoms with E-state index < -0.39 is 17.9 Å². The molecule has 0 spiro atoms. The van der Waals surface area contributed by atoms with Gasteiger partial charge in [-0.05, 0) is 20.8 Å². The molecular formula is C9H21O6V+3. The minimum Gasteiger partial charge on any atom is -0.339 e. The molecule has 6 N–H and O–H groups in total. The van der Waals surface area contributed by atoms with Crippen LogP contribution >= 0.6 is 0 Å². The maximum Gasteiger partial charge on any atom is 0.480 e. The average Bonchev–Trinajstić information content (AvgIpc) is 2.19. The number of aliphatic hydroxyl groups excluding tert-OH is 3.